The van der Waals surface area contributed by atoms with Gasteiger partial charge in [-0.1, -0.05) is 44.2 Å². The summed E-state index contributed by atoms with van der Waals surface area (Å²) in [5, 5.41) is 20.0. The normalized spacial score (nSPS) is 32.0. The molecule has 2 N–H and O–H groups in total. The Kier molecular flexibility index (Phi) is 6.28. The van der Waals surface area contributed by atoms with Crippen LogP contribution in [0.1, 0.15) is 83.1 Å². The van der Waals surface area contributed by atoms with Crippen molar-refractivity contribution in [1.29, 1.82) is 0 Å². The summed E-state index contributed by atoms with van der Waals surface area (Å²) in [6.45, 7) is 0.184. The fourth-order valence-corrected chi connectivity index (χ4v) is 7.58. The van der Waals surface area contributed by atoms with Crippen molar-refractivity contribution in [2.45, 2.75) is 107 Å². The van der Waals surface area contributed by atoms with Crippen molar-refractivity contribution in [2.24, 2.45) is 0 Å². The highest BCUT2D eigenvalue weighted by Gasteiger charge is 2.46. The maximum atomic E-state index is 14.0. The minimum absolute atomic E-state index is 0.0835. The predicted molar refractivity (Wildman–Crippen MR) is 138 cm³/mol. The second-order valence-corrected chi connectivity index (χ2v) is 11.6. The lowest BCUT2D eigenvalue weighted by Crippen LogP contribution is -2.50. The van der Waals surface area contributed by atoms with Gasteiger partial charge < -0.3 is 19.7 Å². The van der Waals surface area contributed by atoms with E-state index in [1.54, 1.807) is 4.90 Å². The Morgan fingerprint density at radius 2 is 1.58 bits per heavy atom. The molecule has 3 unspecified atom stereocenters. The van der Waals surface area contributed by atoms with Gasteiger partial charge in [0.15, 0.2) is 11.4 Å². The van der Waals surface area contributed by atoms with Crippen LogP contribution in [0.2, 0.25) is 0 Å². The van der Waals surface area contributed by atoms with Crippen LogP contribution in [-0.2, 0) is 4.79 Å². The molecule has 1 aliphatic carbocycles. The van der Waals surface area contributed by atoms with Crippen molar-refractivity contribution >= 4 is 22.8 Å². The highest BCUT2D eigenvalue weighted by Crippen LogP contribution is 2.44. The number of piperidine rings is 1. The first-order valence-electron chi connectivity index (χ1n) is 13.9. The van der Waals surface area contributed by atoms with E-state index in [1.807, 2.05) is 28.8 Å². The number of nitrogens with zero attached hydrogens (tertiary/aromatic N) is 4. The van der Waals surface area contributed by atoms with Gasteiger partial charge in [-0.2, -0.15) is 0 Å². The SMILES string of the molecule is O=C(O)C1(O)CCN(c2nc3ccccc3n(C3CC4CCC(C3)N4C3CCCCCCC3)c2=O)C1. The third-order valence-corrected chi connectivity index (χ3v) is 9.35. The molecule has 2 bridgehead atoms. The standard InChI is InChI=1S/C28H38N4O4/c33-26-25(30-15-14-28(36,18-30)27(34)35)29-23-10-6-7-11-24(23)32(26)22-16-20-12-13-21(17-22)31(20)19-8-4-2-1-3-5-9-19/h6-7,10-11,19-22,36H,1-5,8-9,12-18H2,(H,34,35). The molecule has 4 heterocycles. The quantitative estimate of drug-likeness (QED) is 0.669. The number of hydrogen-bond donors (Lipinski definition) is 2. The van der Waals surface area contributed by atoms with E-state index in [4.69, 9.17) is 0 Å². The first kappa shape index (κ1) is 23.9. The summed E-state index contributed by atoms with van der Waals surface area (Å²) in [6, 6.07) is 9.61. The molecule has 3 atom stereocenters. The molecule has 36 heavy (non-hydrogen) atoms. The number of anilines is 1. The zero-order valence-electron chi connectivity index (χ0n) is 21.0. The van der Waals surface area contributed by atoms with E-state index in [0.717, 1.165) is 23.9 Å². The summed E-state index contributed by atoms with van der Waals surface area (Å²) < 4.78 is 1.95. The first-order chi connectivity index (χ1) is 17.4. The zero-order valence-corrected chi connectivity index (χ0v) is 21.0. The van der Waals surface area contributed by atoms with Gasteiger partial charge in [-0.15, -0.1) is 0 Å². The third kappa shape index (κ3) is 4.12. The Bertz CT molecular complexity index is 1180. The molecule has 8 heteroatoms. The van der Waals surface area contributed by atoms with Gasteiger partial charge in [0.05, 0.1) is 17.6 Å². The molecule has 1 saturated carbocycles. The smallest absolute Gasteiger partial charge is 0.337 e. The number of para-hydroxylation sites is 2. The molecule has 0 amide bonds. The number of fused-ring (bicyclic) bond motifs is 3. The third-order valence-electron chi connectivity index (χ3n) is 9.35. The van der Waals surface area contributed by atoms with Crippen molar-refractivity contribution in [1.82, 2.24) is 14.5 Å². The van der Waals surface area contributed by atoms with Gasteiger partial charge in [0.2, 0.25) is 0 Å². The summed E-state index contributed by atoms with van der Waals surface area (Å²) in [5.74, 6) is -0.982. The maximum absolute atomic E-state index is 14.0. The highest BCUT2D eigenvalue weighted by atomic mass is 16.4. The number of rotatable bonds is 4. The lowest BCUT2D eigenvalue weighted by atomic mass is 9.89. The number of benzene rings is 1. The number of aliphatic hydroxyl groups is 1. The van der Waals surface area contributed by atoms with Crippen molar-refractivity contribution in [3.63, 3.8) is 0 Å². The van der Waals surface area contributed by atoms with Crippen LogP contribution in [0.15, 0.2) is 29.1 Å². The number of hydrogen-bond acceptors (Lipinski definition) is 6. The molecule has 3 saturated heterocycles. The van der Waals surface area contributed by atoms with Crippen molar-refractivity contribution < 1.29 is 15.0 Å². The number of carboxylic acid groups (broad SMARTS) is 1. The number of aliphatic carboxylic acids is 1. The van der Waals surface area contributed by atoms with Crippen molar-refractivity contribution in [3.05, 3.63) is 34.6 Å². The second-order valence-electron chi connectivity index (χ2n) is 11.6. The van der Waals surface area contributed by atoms with Crippen LogP contribution in [0.3, 0.4) is 0 Å². The zero-order chi connectivity index (χ0) is 24.9. The molecule has 2 aromatic rings. The Morgan fingerprint density at radius 3 is 2.25 bits per heavy atom. The molecular weight excluding hydrogens is 456 g/mol. The second kappa shape index (κ2) is 9.45. The van der Waals surface area contributed by atoms with E-state index in [0.29, 0.717) is 24.7 Å². The van der Waals surface area contributed by atoms with Crippen LogP contribution in [0, 0.1) is 0 Å². The van der Waals surface area contributed by atoms with E-state index >= 15 is 0 Å². The Morgan fingerprint density at radius 1 is 0.917 bits per heavy atom. The molecule has 8 nitrogen and oxygen atoms in total. The molecule has 1 aromatic heterocycles. The van der Waals surface area contributed by atoms with Crippen LogP contribution < -0.4 is 10.5 Å². The molecule has 0 radical (unpaired) electrons. The van der Waals surface area contributed by atoms with Gasteiger partial charge in [0.25, 0.3) is 5.56 Å². The first-order valence-corrected chi connectivity index (χ1v) is 13.9. The van der Waals surface area contributed by atoms with E-state index in [2.05, 4.69) is 9.88 Å². The van der Waals surface area contributed by atoms with Crippen LogP contribution in [0.5, 0.6) is 0 Å². The van der Waals surface area contributed by atoms with E-state index in [1.165, 1.54) is 57.8 Å². The van der Waals surface area contributed by atoms with Gasteiger partial charge in [-0.3, -0.25) is 9.69 Å². The largest absolute Gasteiger partial charge is 0.479 e. The number of β-amino-alcohol motifs (C(OH)–C–C–N with tert-alkyl or cyclic N) is 1. The van der Waals surface area contributed by atoms with Gasteiger partial charge in [-0.25, -0.2) is 9.78 Å². The Balaban J connectivity index is 1.33. The number of aromatic nitrogens is 2. The molecule has 1 aromatic carbocycles. The molecule has 4 aliphatic rings. The van der Waals surface area contributed by atoms with Gasteiger partial charge in [-0.05, 0) is 50.7 Å². The monoisotopic (exact) mass is 494 g/mol. The Hall–Kier alpha value is -2.45. The van der Waals surface area contributed by atoms with Crippen molar-refractivity contribution in [2.75, 3.05) is 18.0 Å². The van der Waals surface area contributed by atoms with Crippen LogP contribution >= 0.6 is 0 Å². The molecular formula is C28H38N4O4. The summed E-state index contributed by atoms with van der Waals surface area (Å²) in [6.07, 6.45) is 13.8. The number of carbonyl (C=O) groups is 1. The highest BCUT2D eigenvalue weighted by molar-refractivity contribution is 5.80. The number of carboxylic acids is 1. The lowest BCUT2D eigenvalue weighted by Gasteiger charge is -2.45. The summed E-state index contributed by atoms with van der Waals surface area (Å²) in [4.78, 5) is 34.8. The van der Waals surface area contributed by atoms with Gasteiger partial charge in [0.1, 0.15) is 0 Å². The molecule has 4 fully saturated rings. The van der Waals surface area contributed by atoms with Crippen LogP contribution in [0.25, 0.3) is 11.0 Å². The van der Waals surface area contributed by atoms with Gasteiger partial charge in [0, 0.05) is 37.1 Å². The van der Waals surface area contributed by atoms with Crippen LogP contribution in [-0.4, -0.2) is 67.4 Å². The van der Waals surface area contributed by atoms with E-state index in [-0.39, 0.29) is 30.4 Å². The summed E-state index contributed by atoms with van der Waals surface area (Å²) >= 11 is 0. The summed E-state index contributed by atoms with van der Waals surface area (Å²) in [7, 11) is 0. The topological polar surface area (TPSA) is 98.9 Å². The fraction of sp³-hybridized carbons (Fsp3) is 0.679. The lowest BCUT2D eigenvalue weighted by molar-refractivity contribution is -0.156. The molecule has 6 rings (SSSR count). The van der Waals surface area contributed by atoms with Gasteiger partial charge >= 0.3 is 5.97 Å². The fourth-order valence-electron chi connectivity index (χ4n) is 7.58. The predicted octanol–water partition coefficient (Wildman–Crippen LogP) is 3.70. The average Bonchev–Trinajstić information content (AvgIpc) is 3.36. The minimum Gasteiger partial charge on any atom is -0.479 e. The minimum atomic E-state index is -1.84. The summed E-state index contributed by atoms with van der Waals surface area (Å²) in [5.41, 5.74) is -0.408. The Labute approximate surface area is 211 Å². The molecule has 194 valence electrons. The van der Waals surface area contributed by atoms with E-state index < -0.39 is 11.6 Å². The average molecular weight is 495 g/mol. The molecule has 0 spiro atoms. The van der Waals surface area contributed by atoms with Crippen LogP contribution in [0.4, 0.5) is 5.82 Å². The maximum Gasteiger partial charge on any atom is 0.337 e. The van der Waals surface area contributed by atoms with E-state index in [9.17, 15) is 19.8 Å². The van der Waals surface area contributed by atoms with Crippen molar-refractivity contribution in [3.8, 4) is 0 Å². The molecule has 3 aliphatic heterocycles.